The van der Waals surface area contributed by atoms with Crippen molar-refractivity contribution >= 4 is 16.7 Å². The first-order valence-electron chi connectivity index (χ1n) is 9.23. The summed E-state index contributed by atoms with van der Waals surface area (Å²) >= 11 is 0. The van der Waals surface area contributed by atoms with Gasteiger partial charge in [-0.2, -0.15) is 0 Å². The van der Waals surface area contributed by atoms with Crippen molar-refractivity contribution in [1.29, 1.82) is 0 Å². The Labute approximate surface area is 157 Å². The van der Waals surface area contributed by atoms with Crippen LogP contribution in [0.1, 0.15) is 43.0 Å². The Morgan fingerprint density at radius 3 is 2.52 bits per heavy atom. The Kier molecular flexibility index (Phi) is 4.56. The Bertz CT molecular complexity index is 985. The maximum atomic E-state index is 14.2. The summed E-state index contributed by atoms with van der Waals surface area (Å²) < 4.78 is 25.7. The van der Waals surface area contributed by atoms with Crippen molar-refractivity contribution in [2.45, 2.75) is 38.2 Å². The molecule has 4 rings (SSSR count). The Morgan fingerprint density at radius 1 is 0.963 bits per heavy atom. The second-order valence-corrected chi connectivity index (χ2v) is 7.27. The minimum atomic E-state index is -0.534. The Morgan fingerprint density at radius 2 is 1.70 bits per heavy atom. The Hall–Kier alpha value is -2.88. The summed E-state index contributed by atoms with van der Waals surface area (Å²) in [5.41, 5.74) is -0.111. The maximum Gasteiger partial charge on any atom is 0.343 e. The van der Waals surface area contributed by atoms with E-state index in [9.17, 15) is 9.18 Å². The molecular formula is C23H21FO3. The normalized spacial score (nSPS) is 15.6. The first-order valence-corrected chi connectivity index (χ1v) is 9.23. The molecule has 0 amide bonds. The summed E-state index contributed by atoms with van der Waals surface area (Å²) in [6.07, 6.45) is 3.91. The van der Waals surface area contributed by atoms with Gasteiger partial charge in [-0.1, -0.05) is 36.4 Å². The molecule has 138 valence electrons. The number of carbonyl (C=O) groups excluding carboxylic acids is 1. The molecule has 3 nitrogen and oxygen atoms in total. The number of hydrogen-bond acceptors (Lipinski definition) is 3. The molecule has 1 aliphatic rings. The quantitative estimate of drug-likeness (QED) is 0.426. The molecule has 0 unspecified atom stereocenters. The van der Waals surface area contributed by atoms with E-state index in [1.807, 2.05) is 43.3 Å². The van der Waals surface area contributed by atoms with Gasteiger partial charge in [0.1, 0.15) is 11.4 Å². The second-order valence-electron chi connectivity index (χ2n) is 7.27. The summed E-state index contributed by atoms with van der Waals surface area (Å²) in [5, 5.41) is 1.84. The molecule has 0 N–H and O–H groups in total. The Balaban J connectivity index is 1.59. The van der Waals surface area contributed by atoms with Crippen LogP contribution in [0.15, 0.2) is 60.7 Å². The zero-order valence-corrected chi connectivity index (χ0v) is 15.2. The van der Waals surface area contributed by atoms with Crippen LogP contribution in [-0.2, 0) is 0 Å². The number of rotatable bonds is 4. The van der Waals surface area contributed by atoms with Crippen molar-refractivity contribution in [2.75, 3.05) is 0 Å². The van der Waals surface area contributed by atoms with Crippen LogP contribution in [0.3, 0.4) is 0 Å². The van der Waals surface area contributed by atoms with E-state index in [0.717, 1.165) is 36.5 Å². The fourth-order valence-electron chi connectivity index (χ4n) is 3.64. The van der Waals surface area contributed by atoms with Crippen molar-refractivity contribution < 1.29 is 18.7 Å². The molecule has 0 heterocycles. The zero-order chi connectivity index (χ0) is 18.9. The maximum absolute atomic E-state index is 14.2. The lowest BCUT2D eigenvalue weighted by atomic mass is 10.1. The van der Waals surface area contributed by atoms with Gasteiger partial charge < -0.3 is 9.47 Å². The first-order chi connectivity index (χ1) is 13.0. The van der Waals surface area contributed by atoms with Gasteiger partial charge in [0.05, 0.1) is 5.56 Å². The molecule has 4 heteroatoms. The molecule has 0 spiro atoms. The highest BCUT2D eigenvalue weighted by Gasteiger charge is 2.31. The highest BCUT2D eigenvalue weighted by Crippen LogP contribution is 2.35. The van der Waals surface area contributed by atoms with Gasteiger partial charge in [0.2, 0.25) is 0 Å². The van der Waals surface area contributed by atoms with Crippen molar-refractivity contribution in [3.05, 3.63) is 72.0 Å². The van der Waals surface area contributed by atoms with E-state index in [2.05, 4.69) is 0 Å². The number of carbonyl (C=O) groups is 1. The summed E-state index contributed by atoms with van der Waals surface area (Å²) in [7, 11) is 0. The average molecular weight is 364 g/mol. The molecule has 1 fully saturated rings. The van der Waals surface area contributed by atoms with E-state index in [0.29, 0.717) is 5.75 Å². The molecule has 0 atom stereocenters. The van der Waals surface area contributed by atoms with Gasteiger partial charge >= 0.3 is 5.97 Å². The van der Waals surface area contributed by atoms with Gasteiger partial charge in [-0.3, -0.25) is 0 Å². The van der Waals surface area contributed by atoms with Crippen LogP contribution in [0.4, 0.5) is 4.39 Å². The van der Waals surface area contributed by atoms with Gasteiger partial charge in [0.15, 0.2) is 11.6 Å². The molecule has 0 saturated heterocycles. The molecule has 0 radical (unpaired) electrons. The molecule has 1 aliphatic carbocycles. The summed E-state index contributed by atoms with van der Waals surface area (Å²) in [4.78, 5) is 12.6. The third-order valence-corrected chi connectivity index (χ3v) is 5.14. The van der Waals surface area contributed by atoms with Crippen LogP contribution in [0.5, 0.6) is 11.5 Å². The van der Waals surface area contributed by atoms with Crippen LogP contribution < -0.4 is 9.47 Å². The number of halogens is 1. The van der Waals surface area contributed by atoms with Gasteiger partial charge in [-0.15, -0.1) is 0 Å². The van der Waals surface area contributed by atoms with Crippen molar-refractivity contribution in [2.24, 2.45) is 0 Å². The van der Waals surface area contributed by atoms with Crippen LogP contribution in [0.2, 0.25) is 0 Å². The van der Waals surface area contributed by atoms with E-state index in [4.69, 9.17) is 9.47 Å². The third-order valence-electron chi connectivity index (χ3n) is 5.14. The number of fused-ring (bicyclic) bond motifs is 1. The standard InChI is InChI=1S/C23H21FO3/c1-23(13-4-5-14-23)27-21-15-17(11-12-19(21)24)22(25)26-20-10-6-8-16-7-2-3-9-18(16)20/h2-3,6-12,15H,4-5,13-14H2,1H3. The molecule has 0 aliphatic heterocycles. The number of hydrogen-bond donors (Lipinski definition) is 0. The topological polar surface area (TPSA) is 35.5 Å². The highest BCUT2D eigenvalue weighted by atomic mass is 19.1. The summed E-state index contributed by atoms with van der Waals surface area (Å²) in [6, 6.07) is 17.3. The molecule has 0 aromatic heterocycles. The van der Waals surface area contributed by atoms with Crippen LogP contribution >= 0.6 is 0 Å². The average Bonchev–Trinajstić information content (AvgIpc) is 3.10. The van der Waals surface area contributed by atoms with E-state index < -0.39 is 11.8 Å². The van der Waals surface area contributed by atoms with E-state index >= 15 is 0 Å². The smallest absolute Gasteiger partial charge is 0.343 e. The minimum absolute atomic E-state index is 0.103. The predicted molar refractivity (Wildman–Crippen MR) is 103 cm³/mol. The van der Waals surface area contributed by atoms with E-state index in [-0.39, 0.29) is 16.9 Å². The monoisotopic (exact) mass is 364 g/mol. The zero-order valence-electron chi connectivity index (χ0n) is 15.2. The van der Waals surface area contributed by atoms with Crippen LogP contribution in [-0.4, -0.2) is 11.6 Å². The molecule has 1 saturated carbocycles. The van der Waals surface area contributed by atoms with Gasteiger partial charge in [0, 0.05) is 5.39 Å². The SMILES string of the molecule is CC1(Oc2cc(C(=O)Oc3cccc4ccccc34)ccc2F)CCCC1. The minimum Gasteiger partial charge on any atom is -0.484 e. The second kappa shape index (κ2) is 7.03. The van der Waals surface area contributed by atoms with Gasteiger partial charge in [-0.25, -0.2) is 9.18 Å². The van der Waals surface area contributed by atoms with E-state index in [1.165, 1.54) is 18.2 Å². The lowest BCUT2D eigenvalue weighted by Gasteiger charge is -2.26. The van der Waals surface area contributed by atoms with Gasteiger partial charge in [-0.05, 0) is 62.3 Å². The molecule has 3 aromatic carbocycles. The van der Waals surface area contributed by atoms with E-state index in [1.54, 1.807) is 6.07 Å². The molecule has 3 aromatic rings. The van der Waals surface area contributed by atoms with Crippen molar-refractivity contribution in [3.8, 4) is 11.5 Å². The largest absolute Gasteiger partial charge is 0.484 e. The van der Waals surface area contributed by atoms with Crippen molar-refractivity contribution in [3.63, 3.8) is 0 Å². The van der Waals surface area contributed by atoms with Gasteiger partial charge in [0.25, 0.3) is 0 Å². The number of ether oxygens (including phenoxy) is 2. The molecular weight excluding hydrogens is 343 g/mol. The third kappa shape index (κ3) is 3.65. The number of esters is 1. The molecule has 27 heavy (non-hydrogen) atoms. The highest BCUT2D eigenvalue weighted by molar-refractivity contribution is 5.95. The summed E-state index contributed by atoms with van der Waals surface area (Å²) in [6.45, 7) is 1.99. The predicted octanol–water partition coefficient (Wildman–Crippen LogP) is 5.91. The fourth-order valence-corrected chi connectivity index (χ4v) is 3.64. The van der Waals surface area contributed by atoms with Crippen LogP contribution in [0, 0.1) is 5.82 Å². The molecule has 0 bridgehead atoms. The lowest BCUT2D eigenvalue weighted by Crippen LogP contribution is -2.28. The van der Waals surface area contributed by atoms with Crippen LogP contribution in [0.25, 0.3) is 10.8 Å². The number of benzene rings is 3. The summed E-state index contributed by atoms with van der Waals surface area (Å²) in [5.74, 6) is -0.419. The first kappa shape index (κ1) is 17.5. The fraction of sp³-hybridized carbons (Fsp3) is 0.261. The lowest BCUT2D eigenvalue weighted by molar-refractivity contribution is 0.0730. The van der Waals surface area contributed by atoms with Crippen molar-refractivity contribution in [1.82, 2.24) is 0 Å².